The van der Waals surface area contributed by atoms with Gasteiger partial charge in [0.2, 0.25) is 0 Å². The minimum absolute atomic E-state index is 0.444. The van der Waals surface area contributed by atoms with E-state index in [1.807, 2.05) is 0 Å². The number of hydrogen-bond donors (Lipinski definition) is 2. The largest absolute Gasteiger partial charge is 0.481 e. The standard InChI is InChI=1S/C18H14O10/c1-9(7-13(19)20)15(23)27-17(25)11-5-3-4-6-12(11)18(26)28-16(24)10(2)8-14(21)22/h3-6H,1-2,7-8H2,(H,19,20)(H,21,22). The molecule has 1 rings (SSSR count). The molecule has 2 N–H and O–H groups in total. The summed E-state index contributed by atoms with van der Waals surface area (Å²) in [7, 11) is 0. The first-order chi connectivity index (χ1) is 13.0. The fourth-order valence-electron chi connectivity index (χ4n) is 1.77. The number of carboxylic acid groups (broad SMARTS) is 2. The second kappa shape index (κ2) is 9.57. The van der Waals surface area contributed by atoms with E-state index in [1.54, 1.807) is 0 Å². The maximum Gasteiger partial charge on any atom is 0.346 e. The molecule has 28 heavy (non-hydrogen) atoms. The molecular weight excluding hydrogens is 376 g/mol. The molecule has 10 heteroatoms. The molecule has 0 radical (unpaired) electrons. The van der Waals surface area contributed by atoms with Crippen molar-refractivity contribution in [3.05, 3.63) is 59.7 Å². The van der Waals surface area contributed by atoms with E-state index in [4.69, 9.17) is 10.2 Å². The Morgan fingerprint density at radius 1 is 0.714 bits per heavy atom. The summed E-state index contributed by atoms with van der Waals surface area (Å²) in [6, 6.07) is 4.86. The molecule has 0 bridgehead atoms. The van der Waals surface area contributed by atoms with Crippen LogP contribution in [0.15, 0.2) is 48.6 Å². The third-order valence-corrected chi connectivity index (χ3v) is 3.04. The first kappa shape index (κ1) is 22.0. The maximum atomic E-state index is 12.1. The first-order valence-electron chi connectivity index (χ1n) is 7.44. The zero-order chi connectivity index (χ0) is 21.4. The Morgan fingerprint density at radius 3 is 1.32 bits per heavy atom. The monoisotopic (exact) mass is 390 g/mol. The summed E-state index contributed by atoms with van der Waals surface area (Å²) in [4.78, 5) is 68.7. The van der Waals surface area contributed by atoms with E-state index in [9.17, 15) is 28.8 Å². The van der Waals surface area contributed by atoms with Crippen LogP contribution in [0.1, 0.15) is 33.6 Å². The van der Waals surface area contributed by atoms with Crippen LogP contribution in [0.4, 0.5) is 0 Å². The second-order valence-corrected chi connectivity index (χ2v) is 5.25. The SMILES string of the molecule is C=C(CC(=O)O)C(=O)OC(=O)c1ccccc1C(=O)OC(=O)C(=C)CC(=O)O. The summed E-state index contributed by atoms with van der Waals surface area (Å²) in [5, 5.41) is 17.2. The van der Waals surface area contributed by atoms with Crippen molar-refractivity contribution >= 4 is 35.8 Å². The summed E-state index contributed by atoms with van der Waals surface area (Å²) >= 11 is 0. The van der Waals surface area contributed by atoms with E-state index in [0.717, 1.165) is 12.1 Å². The number of carboxylic acids is 2. The fraction of sp³-hybridized carbons (Fsp3) is 0.111. The van der Waals surface area contributed by atoms with Crippen LogP contribution in [-0.2, 0) is 28.7 Å². The molecule has 0 fully saturated rings. The molecule has 0 unspecified atom stereocenters. The lowest BCUT2D eigenvalue weighted by Crippen LogP contribution is -2.21. The normalized spacial score (nSPS) is 9.71. The molecule has 146 valence electrons. The number of esters is 4. The lowest BCUT2D eigenvalue weighted by atomic mass is 10.1. The van der Waals surface area contributed by atoms with Crippen LogP contribution in [0.2, 0.25) is 0 Å². The summed E-state index contributed by atoms with van der Waals surface area (Å²) in [6.45, 7) is 6.36. The molecule has 0 spiro atoms. The number of hydrogen-bond acceptors (Lipinski definition) is 8. The Morgan fingerprint density at radius 2 is 1.04 bits per heavy atom. The molecule has 0 aromatic heterocycles. The van der Waals surface area contributed by atoms with Gasteiger partial charge in [0.15, 0.2) is 0 Å². The second-order valence-electron chi connectivity index (χ2n) is 5.25. The highest BCUT2D eigenvalue weighted by atomic mass is 16.6. The Labute approximate surface area is 157 Å². The molecule has 0 saturated carbocycles. The predicted molar refractivity (Wildman–Crippen MR) is 90.1 cm³/mol. The molecule has 0 aliphatic rings. The van der Waals surface area contributed by atoms with Gasteiger partial charge in [-0.15, -0.1) is 0 Å². The van der Waals surface area contributed by atoms with Gasteiger partial charge in [-0.2, -0.15) is 0 Å². The molecule has 0 atom stereocenters. The van der Waals surface area contributed by atoms with Gasteiger partial charge < -0.3 is 19.7 Å². The van der Waals surface area contributed by atoms with Crippen molar-refractivity contribution in [1.29, 1.82) is 0 Å². The Bertz CT molecular complexity index is 820. The van der Waals surface area contributed by atoms with Gasteiger partial charge in [0.25, 0.3) is 0 Å². The van der Waals surface area contributed by atoms with Crippen LogP contribution in [0, 0.1) is 0 Å². The smallest absolute Gasteiger partial charge is 0.346 e. The fourth-order valence-corrected chi connectivity index (χ4v) is 1.77. The summed E-state index contributed by atoms with van der Waals surface area (Å²) in [5.74, 6) is -7.94. The molecular formula is C18H14O10. The average molecular weight is 390 g/mol. The van der Waals surface area contributed by atoms with E-state index < -0.39 is 70.9 Å². The quantitative estimate of drug-likeness (QED) is 0.374. The number of carbonyl (C=O) groups excluding carboxylic acids is 4. The van der Waals surface area contributed by atoms with Crippen LogP contribution in [0.5, 0.6) is 0 Å². The van der Waals surface area contributed by atoms with Crippen LogP contribution in [0.25, 0.3) is 0 Å². The third-order valence-electron chi connectivity index (χ3n) is 3.04. The summed E-state index contributed by atoms with van der Waals surface area (Å²) < 4.78 is 8.93. The van der Waals surface area contributed by atoms with Crippen molar-refractivity contribution in [3.63, 3.8) is 0 Å². The molecule has 0 saturated heterocycles. The van der Waals surface area contributed by atoms with Gasteiger partial charge in [0.1, 0.15) is 0 Å². The zero-order valence-electron chi connectivity index (χ0n) is 14.3. The van der Waals surface area contributed by atoms with Crippen molar-refractivity contribution in [2.75, 3.05) is 0 Å². The van der Waals surface area contributed by atoms with Gasteiger partial charge in [-0.05, 0) is 12.1 Å². The highest BCUT2D eigenvalue weighted by molar-refractivity contribution is 6.11. The highest BCUT2D eigenvalue weighted by Gasteiger charge is 2.25. The lowest BCUT2D eigenvalue weighted by Gasteiger charge is -2.09. The Kier molecular flexibility index (Phi) is 7.51. The summed E-state index contributed by atoms with van der Waals surface area (Å²) in [5.41, 5.74) is -1.89. The molecule has 0 aliphatic heterocycles. The highest BCUT2D eigenvalue weighted by Crippen LogP contribution is 2.15. The van der Waals surface area contributed by atoms with Gasteiger partial charge in [-0.3, -0.25) is 9.59 Å². The number of ether oxygens (including phenoxy) is 2. The number of carbonyl (C=O) groups is 6. The molecule has 0 aliphatic carbocycles. The van der Waals surface area contributed by atoms with Gasteiger partial charge in [-0.25, -0.2) is 19.2 Å². The molecule has 1 aromatic carbocycles. The minimum atomic E-state index is -1.36. The van der Waals surface area contributed by atoms with E-state index >= 15 is 0 Å². The molecule has 10 nitrogen and oxygen atoms in total. The van der Waals surface area contributed by atoms with E-state index in [-0.39, 0.29) is 0 Å². The first-order valence-corrected chi connectivity index (χ1v) is 7.44. The van der Waals surface area contributed by atoms with Crippen molar-refractivity contribution in [3.8, 4) is 0 Å². The minimum Gasteiger partial charge on any atom is -0.481 e. The molecule has 0 amide bonds. The van der Waals surface area contributed by atoms with Crippen LogP contribution in [-0.4, -0.2) is 46.0 Å². The van der Waals surface area contributed by atoms with Gasteiger partial charge in [-0.1, -0.05) is 25.3 Å². The topological polar surface area (TPSA) is 161 Å². The van der Waals surface area contributed by atoms with Gasteiger partial charge >= 0.3 is 35.8 Å². The van der Waals surface area contributed by atoms with Crippen LogP contribution in [0.3, 0.4) is 0 Å². The van der Waals surface area contributed by atoms with Crippen LogP contribution < -0.4 is 0 Å². The number of benzene rings is 1. The van der Waals surface area contributed by atoms with Gasteiger partial charge in [0, 0.05) is 11.1 Å². The Balaban J connectivity index is 2.94. The summed E-state index contributed by atoms with van der Waals surface area (Å²) in [6.07, 6.45) is -1.51. The van der Waals surface area contributed by atoms with E-state index in [1.165, 1.54) is 12.1 Å². The Hall–Kier alpha value is -4.08. The van der Waals surface area contributed by atoms with Crippen molar-refractivity contribution in [2.45, 2.75) is 12.8 Å². The van der Waals surface area contributed by atoms with Gasteiger partial charge in [0.05, 0.1) is 24.0 Å². The van der Waals surface area contributed by atoms with E-state index in [0.29, 0.717) is 0 Å². The average Bonchev–Trinajstić information content (AvgIpc) is 2.60. The number of rotatable bonds is 8. The lowest BCUT2D eigenvalue weighted by molar-refractivity contribution is -0.140. The van der Waals surface area contributed by atoms with Crippen molar-refractivity contribution in [1.82, 2.24) is 0 Å². The predicted octanol–water partition coefficient (Wildman–Crippen LogP) is 1.12. The zero-order valence-corrected chi connectivity index (χ0v) is 14.3. The van der Waals surface area contributed by atoms with E-state index in [2.05, 4.69) is 22.6 Å². The number of aliphatic carboxylic acids is 2. The third kappa shape index (κ3) is 6.33. The molecule has 0 heterocycles. The molecule has 1 aromatic rings. The van der Waals surface area contributed by atoms with Crippen molar-refractivity contribution < 1.29 is 48.5 Å². The maximum absolute atomic E-state index is 12.1. The van der Waals surface area contributed by atoms with Crippen LogP contribution >= 0.6 is 0 Å². The van der Waals surface area contributed by atoms with Crippen molar-refractivity contribution in [2.24, 2.45) is 0 Å².